The molecule has 1 atom stereocenters. The Morgan fingerprint density at radius 1 is 1.21 bits per heavy atom. The minimum atomic E-state index is -4.55. The summed E-state index contributed by atoms with van der Waals surface area (Å²) < 4.78 is 51.8. The van der Waals surface area contributed by atoms with E-state index in [9.17, 15) is 18.0 Å². The van der Waals surface area contributed by atoms with Crippen LogP contribution in [0, 0.1) is 5.92 Å². The highest BCUT2D eigenvalue weighted by Gasteiger charge is 2.35. The second-order valence-electron chi connectivity index (χ2n) is 9.11. The topological polar surface area (TPSA) is 65.4 Å². The minimum absolute atomic E-state index is 0.239. The summed E-state index contributed by atoms with van der Waals surface area (Å²) >= 11 is 0. The van der Waals surface area contributed by atoms with E-state index in [1.54, 1.807) is 24.3 Å². The number of allylic oxidation sites excluding steroid dienone is 4. The highest BCUT2D eigenvalue weighted by molar-refractivity contribution is 5.74. The maximum absolute atomic E-state index is 13.4. The molecule has 0 radical (unpaired) electrons. The van der Waals surface area contributed by atoms with E-state index in [0.29, 0.717) is 35.7 Å². The Labute approximate surface area is 197 Å². The number of alkyl carbamates (subject to hydrolysis) is 1. The molecule has 2 aromatic rings. The summed E-state index contributed by atoms with van der Waals surface area (Å²) in [5, 5.41) is 6.56. The first-order valence-corrected chi connectivity index (χ1v) is 11.1. The van der Waals surface area contributed by atoms with Gasteiger partial charge in [0.25, 0.3) is 0 Å². The summed E-state index contributed by atoms with van der Waals surface area (Å²) in [5.41, 5.74) is 0.0847. The van der Waals surface area contributed by atoms with Gasteiger partial charge in [0.2, 0.25) is 0 Å². The van der Waals surface area contributed by atoms with Gasteiger partial charge < -0.3 is 14.8 Å². The van der Waals surface area contributed by atoms with Gasteiger partial charge in [0.15, 0.2) is 5.69 Å². The number of methoxy groups -OCH3 is 1. The molecule has 9 heteroatoms. The van der Waals surface area contributed by atoms with Gasteiger partial charge in [-0.1, -0.05) is 18.2 Å². The Hall–Kier alpha value is -3.23. The van der Waals surface area contributed by atoms with E-state index in [-0.39, 0.29) is 5.92 Å². The molecule has 1 aromatic carbocycles. The molecule has 0 fully saturated rings. The van der Waals surface area contributed by atoms with Crippen molar-refractivity contribution in [3.63, 3.8) is 0 Å². The molecule has 6 nitrogen and oxygen atoms in total. The Morgan fingerprint density at radius 3 is 2.47 bits per heavy atom. The maximum Gasteiger partial charge on any atom is 0.435 e. The number of nitrogens with one attached hydrogen (secondary N) is 1. The average molecular weight is 478 g/mol. The van der Waals surface area contributed by atoms with Crippen molar-refractivity contribution in [1.82, 2.24) is 15.1 Å². The molecule has 0 spiro atoms. The molecule has 1 amide bonds. The lowest BCUT2D eigenvalue weighted by Gasteiger charge is -2.20. The number of halogens is 3. The van der Waals surface area contributed by atoms with Gasteiger partial charge in [0, 0.05) is 6.54 Å². The third-order valence-electron chi connectivity index (χ3n) is 5.22. The van der Waals surface area contributed by atoms with Crippen LogP contribution in [-0.2, 0) is 10.9 Å². The number of carbonyl (C=O) groups is 1. The summed E-state index contributed by atoms with van der Waals surface area (Å²) in [5.74, 6) is 0.845. The summed E-state index contributed by atoms with van der Waals surface area (Å²) in [6.45, 7) is 5.92. The van der Waals surface area contributed by atoms with Crippen molar-refractivity contribution >= 4 is 11.7 Å². The zero-order valence-corrected chi connectivity index (χ0v) is 19.8. The summed E-state index contributed by atoms with van der Waals surface area (Å²) in [6.07, 6.45) is 3.07. The van der Waals surface area contributed by atoms with E-state index in [2.05, 4.69) is 10.4 Å². The number of carbonyl (C=O) groups excluding carboxylic acids is 1. The predicted octanol–water partition coefficient (Wildman–Crippen LogP) is 6.16. The van der Waals surface area contributed by atoms with Gasteiger partial charge in [0.1, 0.15) is 11.4 Å². The van der Waals surface area contributed by atoms with Gasteiger partial charge in [0.05, 0.1) is 18.5 Å². The van der Waals surface area contributed by atoms with Crippen molar-refractivity contribution in [2.24, 2.45) is 5.92 Å². The van der Waals surface area contributed by atoms with Crippen molar-refractivity contribution in [1.29, 1.82) is 0 Å². The summed E-state index contributed by atoms with van der Waals surface area (Å²) in [4.78, 5) is 11.7. The molecule has 1 unspecified atom stereocenters. The number of rotatable bonds is 7. The molecule has 0 aliphatic heterocycles. The van der Waals surface area contributed by atoms with Crippen molar-refractivity contribution in [3.05, 3.63) is 59.9 Å². The van der Waals surface area contributed by atoms with Crippen molar-refractivity contribution in [2.45, 2.75) is 51.8 Å². The second-order valence-corrected chi connectivity index (χ2v) is 9.11. The lowest BCUT2D eigenvalue weighted by molar-refractivity contribution is -0.141. The SMILES string of the molecule is COc1ccc(-n2nc(C(F)(F)F)cc2C2=CCC(CCCNC(=O)OC(C)(C)C)C=C2)cc1. The molecule has 184 valence electrons. The number of aromatic nitrogens is 2. The molecule has 0 saturated carbocycles. The fourth-order valence-electron chi connectivity index (χ4n) is 3.58. The molecule has 1 heterocycles. The lowest BCUT2D eigenvalue weighted by Crippen LogP contribution is -2.33. The van der Waals surface area contributed by atoms with Gasteiger partial charge >= 0.3 is 12.3 Å². The van der Waals surface area contributed by atoms with Crippen molar-refractivity contribution in [2.75, 3.05) is 13.7 Å². The number of hydrogen-bond acceptors (Lipinski definition) is 4. The quantitative estimate of drug-likeness (QED) is 0.485. The maximum atomic E-state index is 13.4. The normalized spacial score (nSPS) is 16.2. The minimum Gasteiger partial charge on any atom is -0.497 e. The number of ether oxygens (including phenoxy) is 2. The summed E-state index contributed by atoms with van der Waals surface area (Å²) in [7, 11) is 1.53. The van der Waals surface area contributed by atoms with E-state index >= 15 is 0 Å². The van der Waals surface area contributed by atoms with E-state index < -0.39 is 23.6 Å². The van der Waals surface area contributed by atoms with Gasteiger partial charge in [-0.3, -0.25) is 0 Å². The van der Waals surface area contributed by atoms with E-state index in [1.165, 1.54) is 11.8 Å². The number of hydrogen-bond donors (Lipinski definition) is 1. The standard InChI is InChI=1S/C25H30F3N3O3/c1-24(2,3)34-23(32)29-15-5-6-17-7-9-18(10-8-17)21-16-22(25(26,27)28)30-31(21)19-11-13-20(33-4)14-12-19/h7,9-14,16-17H,5-6,8,15H2,1-4H3,(H,29,32). The van der Waals surface area contributed by atoms with Crippen LogP contribution in [0.2, 0.25) is 0 Å². The Balaban J connectivity index is 1.66. The van der Waals surface area contributed by atoms with Crippen LogP contribution in [0.1, 0.15) is 51.4 Å². The van der Waals surface area contributed by atoms with Crippen LogP contribution in [0.3, 0.4) is 0 Å². The van der Waals surface area contributed by atoms with Crippen LogP contribution in [0.5, 0.6) is 5.75 Å². The zero-order chi connectivity index (χ0) is 24.9. The average Bonchev–Trinajstić information content (AvgIpc) is 3.22. The summed E-state index contributed by atoms with van der Waals surface area (Å²) in [6, 6.07) is 7.78. The van der Waals surface area contributed by atoms with E-state index in [4.69, 9.17) is 9.47 Å². The number of alkyl halides is 3. The van der Waals surface area contributed by atoms with Crippen LogP contribution in [0.25, 0.3) is 11.3 Å². The molecule has 3 rings (SSSR count). The van der Waals surface area contributed by atoms with E-state index in [0.717, 1.165) is 18.9 Å². The van der Waals surface area contributed by atoms with Gasteiger partial charge in [-0.25, -0.2) is 9.48 Å². The molecule has 1 N–H and O–H groups in total. The van der Waals surface area contributed by atoms with Crippen LogP contribution in [0.4, 0.5) is 18.0 Å². The Morgan fingerprint density at radius 2 is 1.91 bits per heavy atom. The highest BCUT2D eigenvalue weighted by Crippen LogP contribution is 2.34. The molecule has 1 aliphatic carbocycles. The van der Waals surface area contributed by atoms with Gasteiger partial charge in [-0.2, -0.15) is 18.3 Å². The van der Waals surface area contributed by atoms with Gasteiger partial charge in [-0.15, -0.1) is 0 Å². The molecule has 0 saturated heterocycles. The molecular weight excluding hydrogens is 447 g/mol. The monoisotopic (exact) mass is 477 g/mol. The molecule has 34 heavy (non-hydrogen) atoms. The first-order chi connectivity index (χ1) is 16.0. The third kappa shape index (κ3) is 6.88. The molecular formula is C25H30F3N3O3. The van der Waals surface area contributed by atoms with Crippen molar-refractivity contribution in [3.8, 4) is 11.4 Å². The van der Waals surface area contributed by atoms with Crippen LogP contribution in [0.15, 0.2) is 48.6 Å². The van der Waals surface area contributed by atoms with Crippen LogP contribution >= 0.6 is 0 Å². The molecule has 0 bridgehead atoms. The van der Waals surface area contributed by atoms with Crippen LogP contribution < -0.4 is 10.1 Å². The molecule has 1 aliphatic rings. The van der Waals surface area contributed by atoms with Crippen LogP contribution in [-0.4, -0.2) is 35.1 Å². The second kappa shape index (κ2) is 10.4. The zero-order valence-electron chi connectivity index (χ0n) is 19.8. The Kier molecular flexibility index (Phi) is 7.74. The predicted molar refractivity (Wildman–Crippen MR) is 124 cm³/mol. The fourth-order valence-corrected chi connectivity index (χ4v) is 3.58. The largest absolute Gasteiger partial charge is 0.497 e. The first kappa shape index (κ1) is 25.4. The first-order valence-electron chi connectivity index (χ1n) is 11.1. The number of nitrogens with zero attached hydrogens (tertiary/aromatic N) is 2. The fraction of sp³-hybridized carbons (Fsp3) is 0.440. The highest BCUT2D eigenvalue weighted by atomic mass is 19.4. The van der Waals surface area contributed by atoms with Crippen molar-refractivity contribution < 1.29 is 27.4 Å². The number of amides is 1. The third-order valence-corrected chi connectivity index (χ3v) is 5.22. The smallest absolute Gasteiger partial charge is 0.435 e. The number of benzene rings is 1. The lowest BCUT2D eigenvalue weighted by atomic mass is 9.91. The molecule has 1 aromatic heterocycles. The van der Waals surface area contributed by atoms with Gasteiger partial charge in [-0.05, 0) is 81.9 Å². The van der Waals surface area contributed by atoms with E-state index in [1.807, 2.05) is 39.0 Å². The Bertz CT molecular complexity index is 1050.